The van der Waals surface area contributed by atoms with E-state index in [0.717, 1.165) is 5.56 Å². The Bertz CT molecular complexity index is 560. The minimum Gasteiger partial charge on any atom is -0.379 e. The summed E-state index contributed by atoms with van der Waals surface area (Å²) in [4.78, 5) is 11.7. The van der Waals surface area contributed by atoms with Crippen LogP contribution in [0.2, 0.25) is 0 Å². The van der Waals surface area contributed by atoms with Crippen molar-refractivity contribution < 1.29 is 9.42 Å². The number of rotatable bonds is 4. The first kappa shape index (κ1) is 13.1. The summed E-state index contributed by atoms with van der Waals surface area (Å²) in [6.07, 6.45) is 0. The lowest BCUT2D eigenvalue weighted by atomic mass is 10.0. The van der Waals surface area contributed by atoms with Crippen molar-refractivity contribution in [3.05, 3.63) is 41.1 Å². The third kappa shape index (κ3) is 3.09. The highest BCUT2D eigenvalue weighted by Gasteiger charge is 2.15. The normalized spacial score (nSPS) is 10.7. The molecule has 6 heteroatoms. The van der Waals surface area contributed by atoms with Crippen LogP contribution in [0.3, 0.4) is 0 Å². The summed E-state index contributed by atoms with van der Waals surface area (Å²) in [6, 6.07) is 8.08. The highest BCUT2D eigenvalue weighted by molar-refractivity contribution is 5.95. The number of benzene rings is 1. The van der Waals surface area contributed by atoms with Crippen LogP contribution >= 0.6 is 0 Å². The molecule has 0 spiro atoms. The third-order valence-electron chi connectivity index (χ3n) is 2.83. The van der Waals surface area contributed by atoms with Gasteiger partial charge in [0.1, 0.15) is 0 Å². The molecule has 6 nitrogen and oxygen atoms in total. The molecule has 19 heavy (non-hydrogen) atoms. The first-order valence-electron chi connectivity index (χ1n) is 6.03. The van der Waals surface area contributed by atoms with Crippen LogP contribution in [0.25, 0.3) is 0 Å². The van der Waals surface area contributed by atoms with E-state index in [1.54, 1.807) is 0 Å². The zero-order valence-corrected chi connectivity index (χ0v) is 10.9. The van der Waals surface area contributed by atoms with Gasteiger partial charge in [-0.05, 0) is 27.4 Å². The van der Waals surface area contributed by atoms with Gasteiger partial charge in [-0.2, -0.15) is 0 Å². The number of hydrogen-bond acceptors (Lipinski definition) is 5. The van der Waals surface area contributed by atoms with Crippen molar-refractivity contribution >= 4 is 11.7 Å². The number of anilines is 1. The highest BCUT2D eigenvalue weighted by atomic mass is 16.6. The van der Waals surface area contributed by atoms with Gasteiger partial charge in [0, 0.05) is 6.54 Å². The van der Waals surface area contributed by atoms with Crippen LogP contribution in [-0.2, 0) is 6.54 Å². The number of nitrogen functional groups attached to an aromatic ring is 1. The molecule has 0 aliphatic heterocycles. The Morgan fingerprint density at radius 1 is 1.32 bits per heavy atom. The minimum absolute atomic E-state index is 0.00680. The van der Waals surface area contributed by atoms with Crippen LogP contribution in [0.4, 0.5) is 5.82 Å². The Morgan fingerprint density at radius 2 is 2.00 bits per heavy atom. The predicted octanol–water partition coefficient (Wildman–Crippen LogP) is 1.71. The van der Waals surface area contributed by atoms with Crippen molar-refractivity contribution in [2.75, 3.05) is 5.73 Å². The molecule has 3 N–H and O–H groups in total. The van der Waals surface area contributed by atoms with E-state index in [2.05, 4.69) is 46.2 Å². The van der Waals surface area contributed by atoms with Gasteiger partial charge < -0.3 is 11.1 Å². The standard InChI is InChI=1S/C13H16N4O2/c1-8(2)10-5-3-9(4-6-10)7-15-13(18)11-12(14)17-19-16-11/h3-6,8H,7H2,1-2H3,(H2,14,17)(H,15,18). The molecule has 1 aromatic carbocycles. The number of carbonyl (C=O) groups is 1. The maximum Gasteiger partial charge on any atom is 0.277 e. The third-order valence-corrected chi connectivity index (χ3v) is 2.83. The molecule has 0 fully saturated rings. The van der Waals surface area contributed by atoms with Crippen LogP contribution in [0.5, 0.6) is 0 Å². The minimum atomic E-state index is -0.397. The summed E-state index contributed by atoms with van der Waals surface area (Å²) in [5.41, 5.74) is 7.72. The molecule has 100 valence electrons. The van der Waals surface area contributed by atoms with E-state index < -0.39 is 5.91 Å². The molecule has 0 unspecified atom stereocenters. The maximum atomic E-state index is 11.7. The molecule has 0 radical (unpaired) electrons. The molecule has 0 saturated carbocycles. The number of nitrogens with zero attached hydrogens (tertiary/aromatic N) is 2. The number of aromatic nitrogens is 2. The number of hydrogen-bond donors (Lipinski definition) is 2. The summed E-state index contributed by atoms with van der Waals surface area (Å²) >= 11 is 0. The van der Waals surface area contributed by atoms with Gasteiger partial charge >= 0.3 is 0 Å². The quantitative estimate of drug-likeness (QED) is 0.872. The SMILES string of the molecule is CC(C)c1ccc(CNC(=O)c2nonc2N)cc1. The monoisotopic (exact) mass is 260 g/mol. The van der Waals surface area contributed by atoms with E-state index in [9.17, 15) is 4.79 Å². The Balaban J connectivity index is 1.95. The second-order valence-corrected chi connectivity index (χ2v) is 4.58. The van der Waals surface area contributed by atoms with Gasteiger partial charge in [-0.1, -0.05) is 38.1 Å². The predicted molar refractivity (Wildman–Crippen MR) is 70.4 cm³/mol. The van der Waals surface area contributed by atoms with Crippen LogP contribution < -0.4 is 11.1 Å². The number of nitrogens with two attached hydrogens (primary N) is 1. The van der Waals surface area contributed by atoms with Gasteiger partial charge in [-0.25, -0.2) is 4.63 Å². The number of amides is 1. The number of carbonyl (C=O) groups excluding carboxylic acids is 1. The summed E-state index contributed by atoms with van der Waals surface area (Å²) in [6.45, 7) is 4.68. The summed E-state index contributed by atoms with van der Waals surface area (Å²) in [5.74, 6) is 0.0870. The van der Waals surface area contributed by atoms with Crippen molar-refractivity contribution in [2.24, 2.45) is 0 Å². The van der Waals surface area contributed by atoms with E-state index in [1.807, 2.05) is 12.1 Å². The van der Waals surface area contributed by atoms with E-state index in [4.69, 9.17) is 5.73 Å². The molecule has 0 atom stereocenters. The second-order valence-electron chi connectivity index (χ2n) is 4.58. The molecule has 0 aliphatic carbocycles. The number of nitrogens with one attached hydrogen (secondary N) is 1. The van der Waals surface area contributed by atoms with E-state index in [0.29, 0.717) is 12.5 Å². The first-order valence-corrected chi connectivity index (χ1v) is 6.03. The Kier molecular flexibility index (Phi) is 3.79. The van der Waals surface area contributed by atoms with Crippen LogP contribution in [0, 0.1) is 0 Å². The van der Waals surface area contributed by atoms with Crippen LogP contribution in [0.15, 0.2) is 28.9 Å². The highest BCUT2D eigenvalue weighted by Crippen LogP contribution is 2.14. The molecule has 2 aromatic rings. The molecule has 2 rings (SSSR count). The van der Waals surface area contributed by atoms with Gasteiger partial charge in [-0.15, -0.1) is 0 Å². The van der Waals surface area contributed by atoms with Crippen LogP contribution in [0.1, 0.15) is 41.4 Å². The first-order chi connectivity index (χ1) is 9.08. The fourth-order valence-electron chi connectivity index (χ4n) is 1.64. The lowest BCUT2D eigenvalue weighted by Gasteiger charge is -2.07. The van der Waals surface area contributed by atoms with Crippen molar-refractivity contribution in [2.45, 2.75) is 26.3 Å². The van der Waals surface area contributed by atoms with Gasteiger partial charge in [-0.3, -0.25) is 4.79 Å². The van der Waals surface area contributed by atoms with Crippen molar-refractivity contribution in [3.8, 4) is 0 Å². The van der Waals surface area contributed by atoms with Gasteiger partial charge in [0.2, 0.25) is 11.5 Å². The smallest absolute Gasteiger partial charge is 0.277 e. The van der Waals surface area contributed by atoms with E-state index in [-0.39, 0.29) is 11.5 Å². The molecule has 0 aliphatic rings. The molecular weight excluding hydrogens is 244 g/mol. The maximum absolute atomic E-state index is 11.7. The Morgan fingerprint density at radius 3 is 2.53 bits per heavy atom. The summed E-state index contributed by atoms with van der Waals surface area (Å²) in [7, 11) is 0. The van der Waals surface area contributed by atoms with E-state index >= 15 is 0 Å². The summed E-state index contributed by atoms with van der Waals surface area (Å²) in [5, 5.41) is 9.51. The summed E-state index contributed by atoms with van der Waals surface area (Å²) < 4.78 is 4.37. The fraction of sp³-hybridized carbons (Fsp3) is 0.308. The molecular formula is C13H16N4O2. The molecule has 0 saturated heterocycles. The average molecular weight is 260 g/mol. The Hall–Kier alpha value is -2.37. The molecule has 1 amide bonds. The zero-order chi connectivity index (χ0) is 13.8. The lowest BCUT2D eigenvalue weighted by Crippen LogP contribution is -2.24. The molecule has 1 heterocycles. The van der Waals surface area contributed by atoms with Crippen molar-refractivity contribution in [1.82, 2.24) is 15.6 Å². The van der Waals surface area contributed by atoms with Crippen molar-refractivity contribution in [1.29, 1.82) is 0 Å². The molecule has 0 bridgehead atoms. The van der Waals surface area contributed by atoms with Gasteiger partial charge in [0.15, 0.2) is 0 Å². The zero-order valence-electron chi connectivity index (χ0n) is 10.9. The van der Waals surface area contributed by atoms with E-state index in [1.165, 1.54) is 5.56 Å². The fourth-order valence-corrected chi connectivity index (χ4v) is 1.64. The van der Waals surface area contributed by atoms with Crippen molar-refractivity contribution in [3.63, 3.8) is 0 Å². The topological polar surface area (TPSA) is 94.0 Å². The largest absolute Gasteiger partial charge is 0.379 e. The second kappa shape index (κ2) is 5.51. The van der Waals surface area contributed by atoms with Crippen LogP contribution in [-0.4, -0.2) is 16.2 Å². The average Bonchev–Trinajstić information content (AvgIpc) is 2.83. The molecule has 1 aromatic heterocycles. The lowest BCUT2D eigenvalue weighted by molar-refractivity contribution is 0.0941. The Labute approximate surface area is 111 Å². The van der Waals surface area contributed by atoms with Gasteiger partial charge in [0.05, 0.1) is 0 Å². The van der Waals surface area contributed by atoms with Gasteiger partial charge in [0.25, 0.3) is 5.91 Å².